The number of carbonyl (C=O) groups excluding carboxylic acids is 1. The number of esters is 1. The largest absolute Gasteiger partial charge is 0.427 e. The highest BCUT2D eigenvalue weighted by Gasteiger charge is 2.02. The highest BCUT2D eigenvalue weighted by Crippen LogP contribution is 2.22. The van der Waals surface area contributed by atoms with E-state index < -0.39 is 0 Å². The van der Waals surface area contributed by atoms with Crippen molar-refractivity contribution in [2.75, 3.05) is 0 Å². The van der Waals surface area contributed by atoms with E-state index in [2.05, 4.69) is 0 Å². The van der Waals surface area contributed by atoms with Gasteiger partial charge in [-0.05, 0) is 23.3 Å². The average Bonchev–Trinajstić information content (AvgIpc) is 2.40. The molecular formula is C15H14O2. The van der Waals surface area contributed by atoms with Gasteiger partial charge in [0.1, 0.15) is 5.75 Å². The Morgan fingerprint density at radius 3 is 2.12 bits per heavy atom. The first-order valence-corrected chi connectivity index (χ1v) is 5.66. The van der Waals surface area contributed by atoms with Gasteiger partial charge in [-0.1, -0.05) is 49.4 Å². The molecule has 0 atom stereocenters. The monoisotopic (exact) mass is 226 g/mol. The molecular weight excluding hydrogens is 212 g/mol. The summed E-state index contributed by atoms with van der Waals surface area (Å²) in [7, 11) is 0. The molecule has 0 aliphatic carbocycles. The molecule has 0 heterocycles. The molecule has 0 aliphatic heterocycles. The Hall–Kier alpha value is -2.09. The van der Waals surface area contributed by atoms with E-state index in [1.807, 2.05) is 54.6 Å². The Balaban J connectivity index is 2.16. The van der Waals surface area contributed by atoms with Gasteiger partial charge in [-0.15, -0.1) is 0 Å². The number of hydrogen-bond donors (Lipinski definition) is 0. The third-order valence-electron chi connectivity index (χ3n) is 2.48. The Kier molecular flexibility index (Phi) is 3.55. The van der Waals surface area contributed by atoms with E-state index in [-0.39, 0.29) is 5.97 Å². The molecule has 2 rings (SSSR count). The Bertz CT molecular complexity index is 486. The Labute approximate surface area is 101 Å². The summed E-state index contributed by atoms with van der Waals surface area (Å²) >= 11 is 0. The van der Waals surface area contributed by atoms with Crippen LogP contribution in [0.1, 0.15) is 13.3 Å². The molecule has 86 valence electrons. The van der Waals surface area contributed by atoms with Crippen molar-refractivity contribution in [2.45, 2.75) is 13.3 Å². The second-order valence-corrected chi connectivity index (χ2v) is 3.72. The lowest BCUT2D eigenvalue weighted by atomic mass is 10.1. The summed E-state index contributed by atoms with van der Waals surface area (Å²) in [6.45, 7) is 1.78. The maximum absolute atomic E-state index is 11.1. The van der Waals surface area contributed by atoms with Gasteiger partial charge < -0.3 is 4.74 Å². The zero-order valence-electron chi connectivity index (χ0n) is 9.72. The molecule has 0 spiro atoms. The van der Waals surface area contributed by atoms with E-state index in [1.165, 1.54) is 0 Å². The first-order valence-electron chi connectivity index (χ1n) is 5.66. The minimum absolute atomic E-state index is 0.211. The summed E-state index contributed by atoms with van der Waals surface area (Å²) in [5.41, 5.74) is 2.27. The van der Waals surface area contributed by atoms with Crippen molar-refractivity contribution in [1.29, 1.82) is 0 Å². The fraction of sp³-hybridized carbons (Fsp3) is 0.133. The fourth-order valence-electron chi connectivity index (χ4n) is 1.55. The van der Waals surface area contributed by atoms with Crippen LogP contribution < -0.4 is 4.74 Å². The van der Waals surface area contributed by atoms with Crippen molar-refractivity contribution < 1.29 is 9.53 Å². The molecule has 0 unspecified atom stereocenters. The van der Waals surface area contributed by atoms with Gasteiger partial charge in [-0.2, -0.15) is 0 Å². The van der Waals surface area contributed by atoms with E-state index >= 15 is 0 Å². The van der Waals surface area contributed by atoms with Gasteiger partial charge in [-0.25, -0.2) is 0 Å². The zero-order valence-corrected chi connectivity index (χ0v) is 9.72. The predicted molar refractivity (Wildman–Crippen MR) is 67.8 cm³/mol. The number of hydrogen-bond acceptors (Lipinski definition) is 2. The quantitative estimate of drug-likeness (QED) is 0.589. The van der Waals surface area contributed by atoms with Crippen LogP contribution in [0.15, 0.2) is 54.6 Å². The van der Waals surface area contributed by atoms with Crippen LogP contribution in [0, 0.1) is 0 Å². The predicted octanol–water partition coefficient (Wildman–Crippen LogP) is 3.67. The lowest BCUT2D eigenvalue weighted by molar-refractivity contribution is -0.134. The van der Waals surface area contributed by atoms with Gasteiger partial charge in [0, 0.05) is 6.42 Å². The van der Waals surface area contributed by atoms with Gasteiger partial charge in [0.2, 0.25) is 0 Å². The van der Waals surface area contributed by atoms with Crippen LogP contribution in [0.3, 0.4) is 0 Å². The van der Waals surface area contributed by atoms with E-state index in [1.54, 1.807) is 6.92 Å². The van der Waals surface area contributed by atoms with E-state index in [9.17, 15) is 4.79 Å². The molecule has 0 bridgehead atoms. The molecule has 0 radical (unpaired) electrons. The molecule has 2 nitrogen and oxygen atoms in total. The second-order valence-electron chi connectivity index (χ2n) is 3.72. The van der Waals surface area contributed by atoms with E-state index in [4.69, 9.17) is 4.74 Å². The number of benzene rings is 2. The van der Waals surface area contributed by atoms with Crippen LogP contribution in [-0.4, -0.2) is 5.97 Å². The maximum Gasteiger partial charge on any atom is 0.310 e. The molecule has 0 aromatic heterocycles. The Morgan fingerprint density at radius 2 is 1.53 bits per heavy atom. The maximum atomic E-state index is 11.1. The van der Waals surface area contributed by atoms with Crippen molar-refractivity contribution in [2.24, 2.45) is 0 Å². The topological polar surface area (TPSA) is 26.3 Å². The molecule has 2 aromatic carbocycles. The first-order chi connectivity index (χ1) is 8.29. The molecule has 0 saturated heterocycles. The van der Waals surface area contributed by atoms with Crippen molar-refractivity contribution in [3.05, 3.63) is 54.6 Å². The first kappa shape index (κ1) is 11.4. The summed E-state index contributed by atoms with van der Waals surface area (Å²) in [6.07, 6.45) is 0.389. The molecule has 2 aromatic rings. The standard InChI is InChI=1S/C15H14O2/c1-2-15(16)17-14-10-8-13(9-11-14)12-6-4-3-5-7-12/h3-11H,2H2,1H3. The summed E-state index contributed by atoms with van der Waals surface area (Å²) in [5.74, 6) is 0.383. The normalized spacial score (nSPS) is 9.94. The SMILES string of the molecule is CCC(=O)Oc1ccc(-c2ccccc2)cc1. The van der Waals surface area contributed by atoms with Gasteiger partial charge in [0.15, 0.2) is 0 Å². The van der Waals surface area contributed by atoms with Crippen molar-refractivity contribution in [3.8, 4) is 16.9 Å². The summed E-state index contributed by atoms with van der Waals surface area (Å²) in [5, 5.41) is 0. The highest BCUT2D eigenvalue weighted by atomic mass is 16.5. The lowest BCUT2D eigenvalue weighted by Crippen LogP contribution is -2.05. The summed E-state index contributed by atoms with van der Waals surface area (Å²) < 4.78 is 5.12. The number of carbonyl (C=O) groups is 1. The summed E-state index contributed by atoms with van der Waals surface area (Å²) in [6, 6.07) is 17.6. The van der Waals surface area contributed by atoms with Crippen LogP contribution >= 0.6 is 0 Å². The average molecular weight is 226 g/mol. The zero-order chi connectivity index (χ0) is 12.1. The highest BCUT2D eigenvalue weighted by molar-refractivity contribution is 5.72. The smallest absolute Gasteiger partial charge is 0.310 e. The molecule has 0 saturated carbocycles. The third-order valence-corrected chi connectivity index (χ3v) is 2.48. The van der Waals surface area contributed by atoms with Gasteiger partial charge in [0.25, 0.3) is 0 Å². The van der Waals surface area contributed by atoms with Crippen molar-refractivity contribution in [1.82, 2.24) is 0 Å². The molecule has 0 aliphatic rings. The minimum Gasteiger partial charge on any atom is -0.427 e. The third kappa shape index (κ3) is 2.94. The Morgan fingerprint density at radius 1 is 0.941 bits per heavy atom. The van der Waals surface area contributed by atoms with Crippen LogP contribution in [0.5, 0.6) is 5.75 Å². The van der Waals surface area contributed by atoms with Crippen LogP contribution in [-0.2, 0) is 4.79 Å². The molecule has 2 heteroatoms. The van der Waals surface area contributed by atoms with Crippen LogP contribution in [0.25, 0.3) is 11.1 Å². The van der Waals surface area contributed by atoms with Crippen LogP contribution in [0.4, 0.5) is 0 Å². The minimum atomic E-state index is -0.211. The van der Waals surface area contributed by atoms with Gasteiger partial charge in [-0.3, -0.25) is 4.79 Å². The van der Waals surface area contributed by atoms with Crippen LogP contribution in [0.2, 0.25) is 0 Å². The number of rotatable bonds is 3. The molecule has 0 N–H and O–H groups in total. The molecule has 17 heavy (non-hydrogen) atoms. The van der Waals surface area contributed by atoms with Crippen molar-refractivity contribution in [3.63, 3.8) is 0 Å². The van der Waals surface area contributed by atoms with Crippen molar-refractivity contribution >= 4 is 5.97 Å². The molecule has 0 amide bonds. The van der Waals surface area contributed by atoms with Gasteiger partial charge in [0.05, 0.1) is 0 Å². The second kappa shape index (κ2) is 5.30. The lowest BCUT2D eigenvalue weighted by Gasteiger charge is -2.04. The number of ether oxygens (including phenoxy) is 1. The fourth-order valence-corrected chi connectivity index (χ4v) is 1.55. The summed E-state index contributed by atoms with van der Waals surface area (Å²) in [4.78, 5) is 11.1. The molecule has 0 fully saturated rings. The van der Waals surface area contributed by atoms with E-state index in [0.717, 1.165) is 11.1 Å². The van der Waals surface area contributed by atoms with Gasteiger partial charge >= 0.3 is 5.97 Å². The van der Waals surface area contributed by atoms with E-state index in [0.29, 0.717) is 12.2 Å².